The largest absolute Gasteiger partial charge is 0.290 e. The third-order valence-electron chi connectivity index (χ3n) is 3.06. The highest BCUT2D eigenvalue weighted by Gasteiger charge is 2.26. The molecule has 3 rings (SSSR count). The molecule has 1 aliphatic rings. The van der Waals surface area contributed by atoms with Crippen LogP contribution in [0.15, 0.2) is 30.6 Å². The Labute approximate surface area is 114 Å². The summed E-state index contributed by atoms with van der Waals surface area (Å²) in [5, 5.41) is 6.76. The topological polar surface area (TPSA) is 99.8 Å². The van der Waals surface area contributed by atoms with E-state index in [0.717, 1.165) is 18.5 Å². The second-order valence-corrected chi connectivity index (χ2v) is 4.63. The van der Waals surface area contributed by atoms with E-state index >= 15 is 0 Å². The van der Waals surface area contributed by atoms with Gasteiger partial charge in [-0.25, -0.2) is 0 Å². The number of hydrazine groups is 1. The molecule has 1 fully saturated rings. The summed E-state index contributed by atoms with van der Waals surface area (Å²) in [6, 6.07) is 4.96. The molecular formula is C13H13N5O2. The van der Waals surface area contributed by atoms with Crippen molar-refractivity contribution in [3.63, 3.8) is 0 Å². The number of aromatic nitrogens is 3. The van der Waals surface area contributed by atoms with Gasteiger partial charge in [0.1, 0.15) is 0 Å². The molecule has 0 radical (unpaired) electrons. The normalized spacial score (nSPS) is 13.8. The van der Waals surface area contributed by atoms with Crippen LogP contribution in [0.4, 0.5) is 0 Å². The van der Waals surface area contributed by atoms with Crippen molar-refractivity contribution in [2.75, 3.05) is 0 Å². The molecule has 0 unspecified atom stereocenters. The quantitative estimate of drug-likeness (QED) is 0.717. The Kier molecular flexibility index (Phi) is 3.16. The minimum Gasteiger partial charge on any atom is -0.281 e. The number of pyridine rings is 1. The van der Waals surface area contributed by atoms with Crippen LogP contribution < -0.4 is 10.9 Å². The van der Waals surface area contributed by atoms with E-state index in [9.17, 15) is 9.59 Å². The lowest BCUT2D eigenvalue weighted by Gasteiger charge is -2.05. The van der Waals surface area contributed by atoms with Crippen LogP contribution in [0.25, 0.3) is 0 Å². The van der Waals surface area contributed by atoms with E-state index in [-0.39, 0.29) is 5.69 Å². The Morgan fingerprint density at radius 2 is 2.05 bits per heavy atom. The second-order valence-electron chi connectivity index (χ2n) is 4.63. The maximum atomic E-state index is 11.8. The summed E-state index contributed by atoms with van der Waals surface area (Å²) in [5.41, 5.74) is 6.24. The average molecular weight is 271 g/mol. The third-order valence-corrected chi connectivity index (χ3v) is 3.06. The Balaban J connectivity index is 1.57. The van der Waals surface area contributed by atoms with E-state index < -0.39 is 11.8 Å². The molecule has 1 aliphatic carbocycles. The molecule has 3 N–H and O–H groups in total. The fourth-order valence-corrected chi connectivity index (χ4v) is 1.80. The predicted molar refractivity (Wildman–Crippen MR) is 69.7 cm³/mol. The number of hydrogen-bond donors (Lipinski definition) is 3. The summed E-state index contributed by atoms with van der Waals surface area (Å²) in [6.07, 6.45) is 5.24. The van der Waals surface area contributed by atoms with E-state index in [2.05, 4.69) is 26.0 Å². The maximum Gasteiger partial charge on any atom is 0.290 e. The summed E-state index contributed by atoms with van der Waals surface area (Å²) < 4.78 is 0. The lowest BCUT2D eigenvalue weighted by Crippen LogP contribution is -2.41. The molecule has 20 heavy (non-hydrogen) atoms. The van der Waals surface area contributed by atoms with Crippen molar-refractivity contribution in [1.29, 1.82) is 0 Å². The second kappa shape index (κ2) is 5.12. The fourth-order valence-electron chi connectivity index (χ4n) is 1.80. The molecule has 0 saturated heterocycles. The van der Waals surface area contributed by atoms with Gasteiger partial charge in [-0.15, -0.1) is 0 Å². The van der Waals surface area contributed by atoms with E-state index in [1.165, 1.54) is 6.20 Å². The summed E-state index contributed by atoms with van der Waals surface area (Å²) in [4.78, 5) is 27.4. The first kappa shape index (κ1) is 12.3. The molecule has 0 aliphatic heterocycles. The van der Waals surface area contributed by atoms with Crippen molar-refractivity contribution in [1.82, 2.24) is 26.0 Å². The minimum atomic E-state index is -0.453. The first-order valence-corrected chi connectivity index (χ1v) is 6.30. The predicted octanol–water partition coefficient (Wildman–Crippen LogP) is 0.757. The average Bonchev–Trinajstić information content (AvgIpc) is 3.22. The number of carbonyl (C=O) groups excluding carboxylic acids is 2. The molecule has 2 aromatic heterocycles. The van der Waals surface area contributed by atoms with Gasteiger partial charge in [0.25, 0.3) is 11.8 Å². The van der Waals surface area contributed by atoms with Gasteiger partial charge < -0.3 is 0 Å². The van der Waals surface area contributed by atoms with Crippen LogP contribution in [0.3, 0.4) is 0 Å². The highest BCUT2D eigenvalue weighted by atomic mass is 16.2. The van der Waals surface area contributed by atoms with Crippen LogP contribution in [0.2, 0.25) is 0 Å². The van der Waals surface area contributed by atoms with Crippen LogP contribution >= 0.6 is 0 Å². The Morgan fingerprint density at radius 3 is 2.75 bits per heavy atom. The number of rotatable bonds is 3. The standard InChI is InChI=1S/C13H13N5O2/c19-12(9-2-1-5-14-7-9)17-18-13(20)11-6-10(15-16-11)8-3-4-8/h1-2,5-8H,3-4H2,(H,15,16)(H,17,19)(H,18,20). The maximum absolute atomic E-state index is 11.8. The number of nitrogens with zero attached hydrogens (tertiary/aromatic N) is 2. The highest BCUT2D eigenvalue weighted by molar-refractivity contribution is 5.98. The third kappa shape index (κ3) is 2.66. The van der Waals surface area contributed by atoms with Gasteiger partial charge in [0, 0.05) is 24.0 Å². The van der Waals surface area contributed by atoms with Crippen molar-refractivity contribution >= 4 is 11.8 Å². The molecule has 2 heterocycles. The van der Waals surface area contributed by atoms with Gasteiger partial charge in [0.15, 0.2) is 5.69 Å². The Morgan fingerprint density at radius 1 is 1.25 bits per heavy atom. The van der Waals surface area contributed by atoms with Crippen LogP contribution in [0.1, 0.15) is 45.3 Å². The van der Waals surface area contributed by atoms with E-state index in [4.69, 9.17) is 0 Å². The Bertz CT molecular complexity index is 633. The molecule has 7 heteroatoms. The lowest BCUT2D eigenvalue weighted by molar-refractivity contribution is 0.0843. The smallest absolute Gasteiger partial charge is 0.281 e. The van der Waals surface area contributed by atoms with Crippen molar-refractivity contribution < 1.29 is 9.59 Å². The van der Waals surface area contributed by atoms with Gasteiger partial charge in [-0.1, -0.05) is 0 Å². The van der Waals surface area contributed by atoms with Crippen molar-refractivity contribution in [2.24, 2.45) is 0 Å². The molecule has 0 spiro atoms. The van der Waals surface area contributed by atoms with Gasteiger partial charge >= 0.3 is 0 Å². The SMILES string of the molecule is O=C(NNC(=O)c1cc(C2CC2)[nH]n1)c1cccnc1. The monoisotopic (exact) mass is 271 g/mol. The molecule has 1 saturated carbocycles. The minimum absolute atomic E-state index is 0.262. The van der Waals surface area contributed by atoms with Crippen LogP contribution in [0, 0.1) is 0 Å². The van der Waals surface area contributed by atoms with Crippen LogP contribution in [-0.4, -0.2) is 27.0 Å². The zero-order valence-electron chi connectivity index (χ0n) is 10.6. The number of carbonyl (C=O) groups is 2. The lowest BCUT2D eigenvalue weighted by atomic mass is 10.2. The van der Waals surface area contributed by atoms with Gasteiger partial charge in [0.05, 0.1) is 5.56 Å². The summed E-state index contributed by atoms with van der Waals surface area (Å²) in [5.74, 6) is -0.385. The molecule has 102 valence electrons. The highest BCUT2D eigenvalue weighted by Crippen LogP contribution is 2.38. The first-order chi connectivity index (χ1) is 9.74. The summed E-state index contributed by atoms with van der Waals surface area (Å²) in [7, 11) is 0. The first-order valence-electron chi connectivity index (χ1n) is 6.30. The van der Waals surface area contributed by atoms with Gasteiger partial charge in [-0.05, 0) is 31.0 Å². The Hall–Kier alpha value is -2.70. The van der Waals surface area contributed by atoms with Crippen LogP contribution in [-0.2, 0) is 0 Å². The fraction of sp³-hybridized carbons (Fsp3) is 0.231. The number of aromatic amines is 1. The molecular weight excluding hydrogens is 258 g/mol. The molecule has 7 nitrogen and oxygen atoms in total. The van der Waals surface area contributed by atoms with E-state index in [0.29, 0.717) is 11.5 Å². The molecule has 2 amide bonds. The number of amides is 2. The molecule has 2 aromatic rings. The number of H-pyrrole nitrogens is 1. The van der Waals surface area contributed by atoms with E-state index in [1.807, 2.05) is 0 Å². The molecule has 0 aromatic carbocycles. The van der Waals surface area contributed by atoms with Gasteiger partial charge in [0.2, 0.25) is 0 Å². The van der Waals surface area contributed by atoms with Gasteiger partial charge in [-0.3, -0.25) is 30.5 Å². The zero-order chi connectivity index (χ0) is 13.9. The van der Waals surface area contributed by atoms with Crippen molar-refractivity contribution in [3.05, 3.63) is 47.5 Å². The summed E-state index contributed by atoms with van der Waals surface area (Å²) in [6.45, 7) is 0. The van der Waals surface area contributed by atoms with Gasteiger partial charge in [-0.2, -0.15) is 5.10 Å². The molecule has 0 atom stereocenters. The van der Waals surface area contributed by atoms with E-state index in [1.54, 1.807) is 24.4 Å². The molecule has 0 bridgehead atoms. The summed E-state index contributed by atoms with van der Waals surface area (Å²) >= 11 is 0. The number of hydrogen-bond acceptors (Lipinski definition) is 4. The van der Waals surface area contributed by atoms with Crippen LogP contribution in [0.5, 0.6) is 0 Å². The zero-order valence-corrected chi connectivity index (χ0v) is 10.6. The van der Waals surface area contributed by atoms with Crippen molar-refractivity contribution in [2.45, 2.75) is 18.8 Å². The number of nitrogens with one attached hydrogen (secondary N) is 3. The van der Waals surface area contributed by atoms with Crippen molar-refractivity contribution in [3.8, 4) is 0 Å².